The van der Waals surface area contributed by atoms with E-state index in [4.69, 9.17) is 0 Å². The molecule has 0 aliphatic carbocycles. The molecule has 0 amide bonds. The first-order valence-electron chi connectivity index (χ1n) is 7.23. The zero-order valence-electron chi connectivity index (χ0n) is 12.5. The first-order valence-corrected chi connectivity index (χ1v) is 7.23. The molecule has 0 aromatic heterocycles. The van der Waals surface area contributed by atoms with Crippen LogP contribution in [-0.4, -0.2) is 6.54 Å². The lowest BCUT2D eigenvalue weighted by atomic mass is 9.77. The van der Waals surface area contributed by atoms with Crippen LogP contribution in [-0.2, 0) is 12.8 Å². The van der Waals surface area contributed by atoms with Gasteiger partial charge in [0.25, 0.3) is 0 Å². The lowest BCUT2D eigenvalue weighted by Crippen LogP contribution is -2.37. The first kappa shape index (κ1) is 13.6. The van der Waals surface area contributed by atoms with E-state index in [1.54, 1.807) is 5.56 Å². The molecule has 0 saturated carbocycles. The minimum Gasteiger partial charge on any atom is -0.309 e. The van der Waals surface area contributed by atoms with Crippen LogP contribution in [0, 0.1) is 11.3 Å². The fourth-order valence-corrected chi connectivity index (χ4v) is 2.97. The molecule has 100 valence electrons. The van der Waals surface area contributed by atoms with Crippen molar-refractivity contribution in [2.24, 2.45) is 11.3 Å². The van der Waals surface area contributed by atoms with Crippen LogP contribution in [0.25, 0.3) is 0 Å². The summed E-state index contributed by atoms with van der Waals surface area (Å²) in [7, 11) is 0. The van der Waals surface area contributed by atoms with Crippen LogP contribution in [0.2, 0.25) is 0 Å². The molecule has 1 unspecified atom stereocenters. The van der Waals surface area contributed by atoms with Gasteiger partial charge in [0.15, 0.2) is 0 Å². The van der Waals surface area contributed by atoms with Gasteiger partial charge in [-0.25, -0.2) is 0 Å². The van der Waals surface area contributed by atoms with Gasteiger partial charge in [0.1, 0.15) is 0 Å². The third-order valence-electron chi connectivity index (χ3n) is 3.77. The van der Waals surface area contributed by atoms with Crippen molar-refractivity contribution in [2.45, 2.75) is 53.5 Å². The predicted molar refractivity (Wildman–Crippen MR) is 78.9 cm³/mol. The van der Waals surface area contributed by atoms with Crippen molar-refractivity contribution >= 4 is 0 Å². The van der Waals surface area contributed by atoms with Crippen LogP contribution < -0.4 is 5.32 Å². The summed E-state index contributed by atoms with van der Waals surface area (Å²) in [5, 5.41) is 3.70. The predicted octanol–water partition coefficient (Wildman–Crippen LogP) is 4.12. The maximum Gasteiger partial charge on any atom is 0.0372 e. The normalized spacial score (nSPS) is 20.0. The smallest absolute Gasteiger partial charge is 0.0372 e. The van der Waals surface area contributed by atoms with E-state index < -0.39 is 0 Å². The van der Waals surface area contributed by atoms with Gasteiger partial charge in [-0.3, -0.25) is 0 Å². The van der Waals surface area contributed by atoms with E-state index in [9.17, 15) is 0 Å². The Labute approximate surface area is 112 Å². The number of fused-ring (bicyclic) bond motifs is 1. The van der Waals surface area contributed by atoms with Gasteiger partial charge in [-0.05, 0) is 47.4 Å². The standard InChI is InChI=1S/C17H27N/c1-12(2)10-13-6-7-14-8-9-18-16(15(14)11-13)17(3,4)5/h6-7,11-12,16,18H,8-10H2,1-5H3. The van der Waals surface area contributed by atoms with E-state index in [1.165, 1.54) is 24.0 Å². The molecular formula is C17H27N. The Bertz CT molecular complexity index is 412. The fraction of sp³-hybridized carbons (Fsp3) is 0.647. The molecule has 1 atom stereocenters. The van der Waals surface area contributed by atoms with Gasteiger partial charge in [0.2, 0.25) is 0 Å². The second kappa shape index (κ2) is 5.05. The van der Waals surface area contributed by atoms with Gasteiger partial charge in [0.05, 0.1) is 0 Å². The Kier molecular flexibility index (Phi) is 3.82. The van der Waals surface area contributed by atoms with E-state index in [1.807, 2.05) is 0 Å². The Morgan fingerprint density at radius 1 is 1.28 bits per heavy atom. The van der Waals surface area contributed by atoms with Crippen molar-refractivity contribution in [1.82, 2.24) is 5.32 Å². The highest BCUT2D eigenvalue weighted by molar-refractivity contribution is 5.37. The van der Waals surface area contributed by atoms with E-state index in [2.05, 4.69) is 58.1 Å². The molecule has 0 spiro atoms. The Morgan fingerprint density at radius 3 is 2.61 bits per heavy atom. The molecule has 1 aliphatic heterocycles. The monoisotopic (exact) mass is 245 g/mol. The highest BCUT2D eigenvalue weighted by atomic mass is 14.9. The third kappa shape index (κ3) is 2.95. The molecule has 0 fully saturated rings. The van der Waals surface area contributed by atoms with Gasteiger partial charge in [-0.15, -0.1) is 0 Å². The van der Waals surface area contributed by atoms with E-state index in [0.717, 1.165) is 12.5 Å². The van der Waals surface area contributed by atoms with Crippen LogP contribution in [0.4, 0.5) is 0 Å². The quantitative estimate of drug-likeness (QED) is 0.826. The largest absolute Gasteiger partial charge is 0.309 e. The fourth-order valence-electron chi connectivity index (χ4n) is 2.97. The second-order valence-corrected chi connectivity index (χ2v) is 7.13. The first-order chi connectivity index (χ1) is 8.38. The second-order valence-electron chi connectivity index (χ2n) is 7.13. The lowest BCUT2D eigenvalue weighted by Gasteiger charge is -2.37. The molecule has 1 aliphatic rings. The SMILES string of the molecule is CC(C)Cc1ccc2c(c1)C(C(C)(C)C)NCC2. The molecule has 1 N–H and O–H groups in total. The van der Waals surface area contributed by atoms with Gasteiger partial charge in [-0.1, -0.05) is 52.8 Å². The number of hydrogen-bond acceptors (Lipinski definition) is 1. The van der Waals surface area contributed by atoms with Gasteiger partial charge >= 0.3 is 0 Å². The molecular weight excluding hydrogens is 218 g/mol. The summed E-state index contributed by atoms with van der Waals surface area (Å²) in [4.78, 5) is 0. The number of rotatable bonds is 2. The van der Waals surface area contributed by atoms with Crippen molar-refractivity contribution in [1.29, 1.82) is 0 Å². The molecule has 1 heterocycles. The van der Waals surface area contributed by atoms with Crippen LogP contribution in [0.1, 0.15) is 57.4 Å². The lowest BCUT2D eigenvalue weighted by molar-refractivity contribution is 0.263. The topological polar surface area (TPSA) is 12.0 Å². The van der Waals surface area contributed by atoms with Gasteiger partial charge < -0.3 is 5.32 Å². The summed E-state index contributed by atoms with van der Waals surface area (Å²) in [5.74, 6) is 0.729. The minimum absolute atomic E-state index is 0.283. The molecule has 1 heteroatoms. The Morgan fingerprint density at radius 2 is 2.00 bits per heavy atom. The Hall–Kier alpha value is -0.820. The van der Waals surface area contributed by atoms with Crippen LogP contribution in [0.3, 0.4) is 0 Å². The molecule has 0 saturated heterocycles. The molecule has 0 bridgehead atoms. The molecule has 2 rings (SSSR count). The summed E-state index contributed by atoms with van der Waals surface area (Å²) in [5.41, 5.74) is 4.85. The highest BCUT2D eigenvalue weighted by Gasteiger charge is 2.30. The minimum atomic E-state index is 0.283. The molecule has 0 radical (unpaired) electrons. The van der Waals surface area contributed by atoms with E-state index in [0.29, 0.717) is 6.04 Å². The van der Waals surface area contributed by atoms with E-state index >= 15 is 0 Å². The number of nitrogens with one attached hydrogen (secondary N) is 1. The summed E-state index contributed by atoms with van der Waals surface area (Å²) < 4.78 is 0. The zero-order chi connectivity index (χ0) is 13.3. The number of hydrogen-bond donors (Lipinski definition) is 1. The number of benzene rings is 1. The average Bonchev–Trinajstić information content (AvgIpc) is 2.26. The van der Waals surface area contributed by atoms with Gasteiger partial charge in [-0.2, -0.15) is 0 Å². The zero-order valence-corrected chi connectivity index (χ0v) is 12.5. The summed E-state index contributed by atoms with van der Waals surface area (Å²) in [6.07, 6.45) is 2.36. The molecule has 1 aromatic carbocycles. The van der Waals surface area contributed by atoms with Crippen molar-refractivity contribution in [3.8, 4) is 0 Å². The summed E-state index contributed by atoms with van der Waals surface area (Å²) >= 11 is 0. The van der Waals surface area contributed by atoms with E-state index in [-0.39, 0.29) is 5.41 Å². The maximum absolute atomic E-state index is 3.70. The molecule has 1 aromatic rings. The summed E-state index contributed by atoms with van der Waals surface area (Å²) in [6.45, 7) is 12.7. The van der Waals surface area contributed by atoms with Crippen LogP contribution >= 0.6 is 0 Å². The van der Waals surface area contributed by atoms with Crippen molar-refractivity contribution in [3.63, 3.8) is 0 Å². The molecule has 1 nitrogen and oxygen atoms in total. The average molecular weight is 245 g/mol. The summed E-state index contributed by atoms with van der Waals surface area (Å²) in [6, 6.07) is 7.61. The van der Waals surface area contributed by atoms with Crippen LogP contribution in [0.15, 0.2) is 18.2 Å². The van der Waals surface area contributed by atoms with Crippen molar-refractivity contribution in [2.75, 3.05) is 6.54 Å². The van der Waals surface area contributed by atoms with Crippen LogP contribution in [0.5, 0.6) is 0 Å². The Balaban J connectivity index is 2.35. The molecule has 18 heavy (non-hydrogen) atoms. The maximum atomic E-state index is 3.70. The van der Waals surface area contributed by atoms with Gasteiger partial charge in [0, 0.05) is 6.04 Å². The highest BCUT2D eigenvalue weighted by Crippen LogP contribution is 2.37. The van der Waals surface area contributed by atoms with Crippen molar-refractivity contribution < 1.29 is 0 Å². The third-order valence-corrected chi connectivity index (χ3v) is 3.77. The van der Waals surface area contributed by atoms with Crippen molar-refractivity contribution in [3.05, 3.63) is 34.9 Å².